The maximum Gasteiger partial charge on any atom is 0.115 e. The molecule has 0 atom stereocenters. The molecular formula is C15H22O2. The molecule has 1 aromatic rings. The Hall–Kier alpha value is -1.28. The molecule has 0 saturated carbocycles. The number of benzene rings is 1. The van der Waals surface area contributed by atoms with Crippen molar-refractivity contribution in [3.05, 3.63) is 41.0 Å². The molecule has 0 aromatic heterocycles. The van der Waals surface area contributed by atoms with Crippen LogP contribution in [0.25, 0.3) is 0 Å². The van der Waals surface area contributed by atoms with E-state index >= 15 is 0 Å². The summed E-state index contributed by atoms with van der Waals surface area (Å²) in [4.78, 5) is 0. The molecule has 0 fully saturated rings. The van der Waals surface area contributed by atoms with Crippen LogP contribution in [0.3, 0.4) is 0 Å². The average molecular weight is 234 g/mol. The highest BCUT2D eigenvalue weighted by atomic mass is 16.5. The van der Waals surface area contributed by atoms with Gasteiger partial charge in [0.2, 0.25) is 0 Å². The Morgan fingerprint density at radius 3 is 2.71 bits per heavy atom. The van der Waals surface area contributed by atoms with Crippen LogP contribution in [0.4, 0.5) is 0 Å². The maximum absolute atomic E-state index is 9.50. The van der Waals surface area contributed by atoms with E-state index in [0.29, 0.717) is 12.4 Å². The second-order valence-corrected chi connectivity index (χ2v) is 4.56. The lowest BCUT2D eigenvalue weighted by atomic mass is 10.0. The van der Waals surface area contributed by atoms with Crippen molar-refractivity contribution in [1.29, 1.82) is 0 Å². The minimum Gasteiger partial charge on any atom is -0.508 e. The van der Waals surface area contributed by atoms with Crippen molar-refractivity contribution in [3.63, 3.8) is 0 Å². The van der Waals surface area contributed by atoms with Crippen molar-refractivity contribution >= 4 is 0 Å². The molecule has 0 spiro atoms. The Balaban J connectivity index is 2.61. The quantitative estimate of drug-likeness (QED) is 0.599. The number of ether oxygens (including phenoxy) is 1. The lowest BCUT2D eigenvalue weighted by Crippen LogP contribution is -1.96. The Bertz CT molecular complexity index is 377. The van der Waals surface area contributed by atoms with Gasteiger partial charge in [0.25, 0.3) is 0 Å². The number of aromatic hydroxyl groups is 1. The topological polar surface area (TPSA) is 29.5 Å². The van der Waals surface area contributed by atoms with Gasteiger partial charge in [-0.1, -0.05) is 17.7 Å². The molecule has 1 N–H and O–H groups in total. The van der Waals surface area contributed by atoms with E-state index in [1.54, 1.807) is 13.2 Å². The van der Waals surface area contributed by atoms with Crippen molar-refractivity contribution in [2.75, 3.05) is 7.11 Å². The van der Waals surface area contributed by atoms with Crippen molar-refractivity contribution in [3.8, 4) is 5.75 Å². The monoisotopic (exact) mass is 234 g/mol. The zero-order chi connectivity index (χ0) is 12.7. The first-order chi connectivity index (χ1) is 8.13. The standard InChI is InChI=1S/C15H22O2/c1-12(2)6-4-5-7-13-10-15(16)9-8-14(13)11-17-3/h6,8-10,16H,4-5,7,11H2,1-3H3. The molecule has 0 amide bonds. The van der Waals surface area contributed by atoms with Gasteiger partial charge in [-0.3, -0.25) is 0 Å². The molecule has 94 valence electrons. The van der Waals surface area contributed by atoms with Crippen molar-refractivity contribution in [2.24, 2.45) is 0 Å². The fourth-order valence-electron chi connectivity index (χ4n) is 1.82. The number of rotatable bonds is 6. The normalized spacial score (nSPS) is 10.3. The van der Waals surface area contributed by atoms with Crippen molar-refractivity contribution in [1.82, 2.24) is 0 Å². The minimum absolute atomic E-state index is 0.335. The van der Waals surface area contributed by atoms with E-state index < -0.39 is 0 Å². The summed E-state index contributed by atoms with van der Waals surface area (Å²) in [6.07, 6.45) is 5.42. The summed E-state index contributed by atoms with van der Waals surface area (Å²) in [6.45, 7) is 4.84. The largest absolute Gasteiger partial charge is 0.508 e. The number of aryl methyl sites for hydroxylation is 1. The van der Waals surface area contributed by atoms with Gasteiger partial charge in [-0.15, -0.1) is 0 Å². The first-order valence-corrected chi connectivity index (χ1v) is 6.06. The highest BCUT2D eigenvalue weighted by molar-refractivity contribution is 5.34. The Morgan fingerprint density at radius 1 is 1.29 bits per heavy atom. The van der Waals surface area contributed by atoms with Crippen LogP contribution in [0.15, 0.2) is 29.8 Å². The zero-order valence-corrected chi connectivity index (χ0v) is 11.0. The summed E-state index contributed by atoms with van der Waals surface area (Å²) >= 11 is 0. The van der Waals surface area contributed by atoms with Crippen molar-refractivity contribution in [2.45, 2.75) is 39.7 Å². The molecular weight excluding hydrogens is 212 g/mol. The molecule has 0 saturated heterocycles. The van der Waals surface area contributed by atoms with Gasteiger partial charge in [0, 0.05) is 7.11 Å². The summed E-state index contributed by atoms with van der Waals surface area (Å²) in [7, 11) is 1.69. The van der Waals surface area contributed by atoms with Gasteiger partial charge in [0.15, 0.2) is 0 Å². The number of phenols is 1. The van der Waals surface area contributed by atoms with E-state index in [0.717, 1.165) is 19.3 Å². The van der Waals surface area contributed by atoms with E-state index in [-0.39, 0.29) is 0 Å². The highest BCUT2D eigenvalue weighted by Gasteiger charge is 2.03. The van der Waals surface area contributed by atoms with E-state index in [9.17, 15) is 5.11 Å². The van der Waals surface area contributed by atoms with Crippen LogP contribution in [0.2, 0.25) is 0 Å². The molecule has 17 heavy (non-hydrogen) atoms. The predicted octanol–water partition coefficient (Wildman–Crippen LogP) is 3.83. The summed E-state index contributed by atoms with van der Waals surface area (Å²) < 4.78 is 5.16. The Morgan fingerprint density at radius 2 is 2.06 bits per heavy atom. The molecule has 0 aliphatic heterocycles. The third-order valence-corrected chi connectivity index (χ3v) is 2.69. The fraction of sp³-hybridized carbons (Fsp3) is 0.467. The van der Waals surface area contributed by atoms with Gasteiger partial charge in [-0.05, 0) is 56.4 Å². The maximum atomic E-state index is 9.50. The van der Waals surface area contributed by atoms with Crippen molar-refractivity contribution < 1.29 is 9.84 Å². The van der Waals surface area contributed by atoms with E-state index in [2.05, 4.69) is 19.9 Å². The number of allylic oxidation sites excluding steroid dienone is 2. The lowest BCUT2D eigenvalue weighted by Gasteiger charge is -2.09. The smallest absolute Gasteiger partial charge is 0.115 e. The number of unbranched alkanes of at least 4 members (excludes halogenated alkanes) is 1. The fourth-order valence-corrected chi connectivity index (χ4v) is 1.82. The second kappa shape index (κ2) is 7.13. The number of phenolic OH excluding ortho intramolecular Hbond substituents is 1. The van der Waals surface area contributed by atoms with Gasteiger partial charge < -0.3 is 9.84 Å². The zero-order valence-electron chi connectivity index (χ0n) is 11.0. The third-order valence-electron chi connectivity index (χ3n) is 2.69. The molecule has 0 unspecified atom stereocenters. The molecule has 0 heterocycles. The van der Waals surface area contributed by atoms with Crippen LogP contribution < -0.4 is 0 Å². The van der Waals surface area contributed by atoms with Gasteiger partial charge in [-0.25, -0.2) is 0 Å². The van der Waals surface area contributed by atoms with E-state index in [1.165, 1.54) is 16.7 Å². The first-order valence-electron chi connectivity index (χ1n) is 6.06. The van der Waals surface area contributed by atoms with Crippen LogP contribution >= 0.6 is 0 Å². The van der Waals surface area contributed by atoms with Gasteiger partial charge in [0.05, 0.1) is 6.61 Å². The molecule has 2 heteroatoms. The minimum atomic E-state index is 0.335. The Kier molecular flexibility index (Phi) is 5.78. The van der Waals surface area contributed by atoms with Crippen LogP contribution in [0.5, 0.6) is 5.75 Å². The first kappa shape index (κ1) is 13.8. The van der Waals surface area contributed by atoms with Crippen LogP contribution in [0.1, 0.15) is 37.8 Å². The van der Waals surface area contributed by atoms with Gasteiger partial charge in [-0.2, -0.15) is 0 Å². The van der Waals surface area contributed by atoms with Crippen LogP contribution in [-0.2, 0) is 17.8 Å². The number of hydrogen-bond acceptors (Lipinski definition) is 2. The molecule has 2 nitrogen and oxygen atoms in total. The average Bonchev–Trinajstić information content (AvgIpc) is 2.28. The van der Waals surface area contributed by atoms with Crippen LogP contribution in [0, 0.1) is 0 Å². The molecule has 0 bridgehead atoms. The molecule has 0 aliphatic carbocycles. The SMILES string of the molecule is COCc1ccc(O)cc1CCCC=C(C)C. The molecule has 0 aliphatic rings. The molecule has 0 radical (unpaired) electrons. The lowest BCUT2D eigenvalue weighted by molar-refractivity contribution is 0.184. The number of hydrogen-bond donors (Lipinski definition) is 1. The van der Waals surface area contributed by atoms with Crippen LogP contribution in [-0.4, -0.2) is 12.2 Å². The molecule has 1 aromatic carbocycles. The molecule has 1 rings (SSSR count). The Labute approximate surface area is 104 Å². The number of methoxy groups -OCH3 is 1. The highest BCUT2D eigenvalue weighted by Crippen LogP contribution is 2.19. The predicted molar refractivity (Wildman–Crippen MR) is 71.2 cm³/mol. The summed E-state index contributed by atoms with van der Waals surface area (Å²) in [6, 6.07) is 5.50. The van der Waals surface area contributed by atoms with Gasteiger partial charge >= 0.3 is 0 Å². The summed E-state index contributed by atoms with van der Waals surface area (Å²) in [5.74, 6) is 0.335. The summed E-state index contributed by atoms with van der Waals surface area (Å²) in [5, 5.41) is 9.50. The summed E-state index contributed by atoms with van der Waals surface area (Å²) in [5.41, 5.74) is 3.72. The third kappa shape index (κ3) is 5.05. The second-order valence-electron chi connectivity index (χ2n) is 4.56. The van der Waals surface area contributed by atoms with E-state index in [4.69, 9.17) is 4.74 Å². The van der Waals surface area contributed by atoms with E-state index in [1.807, 2.05) is 12.1 Å². The van der Waals surface area contributed by atoms with Gasteiger partial charge in [0.1, 0.15) is 5.75 Å².